The first-order valence-corrected chi connectivity index (χ1v) is 3.68. The molecule has 0 aliphatic heterocycles. The summed E-state index contributed by atoms with van der Waals surface area (Å²) in [6.45, 7) is 4.36. The van der Waals surface area contributed by atoms with Crippen molar-refractivity contribution in [1.29, 1.82) is 5.26 Å². The smallest absolute Gasteiger partial charge is 0.0661 e. The third-order valence-corrected chi connectivity index (χ3v) is 2.75. The van der Waals surface area contributed by atoms with Crippen LogP contribution in [0.5, 0.6) is 0 Å². The molecule has 0 N–H and O–H groups in total. The molecule has 1 saturated carbocycles. The maximum absolute atomic E-state index is 8.55. The fourth-order valence-corrected chi connectivity index (χ4v) is 1.56. The van der Waals surface area contributed by atoms with Gasteiger partial charge in [0, 0.05) is 0 Å². The van der Waals surface area contributed by atoms with Crippen molar-refractivity contribution < 1.29 is 0 Å². The van der Waals surface area contributed by atoms with Crippen LogP contribution in [0.1, 0.15) is 33.1 Å². The lowest BCUT2D eigenvalue weighted by atomic mass is 9.98. The largest absolute Gasteiger partial charge is 0.198 e. The molecule has 0 aromatic heterocycles. The van der Waals surface area contributed by atoms with Crippen molar-refractivity contribution in [2.45, 2.75) is 33.1 Å². The summed E-state index contributed by atoms with van der Waals surface area (Å²) >= 11 is 0. The van der Waals surface area contributed by atoms with E-state index in [1.54, 1.807) is 0 Å². The Bertz CT molecular complexity index is 139. The standard InChI is InChI=1S/C8H13N/c1-3-8(4-2)5-7(8)6-9/h7H,3-5H2,1-2H3/t7-/m0/s1. The predicted octanol–water partition coefficient (Wildman–Crippen LogP) is 2.34. The van der Waals surface area contributed by atoms with Gasteiger partial charge < -0.3 is 0 Å². The maximum atomic E-state index is 8.55. The Hall–Kier alpha value is -0.510. The van der Waals surface area contributed by atoms with Crippen molar-refractivity contribution in [3.05, 3.63) is 0 Å². The molecular weight excluding hydrogens is 110 g/mol. The monoisotopic (exact) mass is 123 g/mol. The van der Waals surface area contributed by atoms with Crippen LogP contribution >= 0.6 is 0 Å². The average Bonchev–Trinajstić information content (AvgIpc) is 2.63. The summed E-state index contributed by atoms with van der Waals surface area (Å²) in [5.41, 5.74) is 0.439. The van der Waals surface area contributed by atoms with Gasteiger partial charge in [0.2, 0.25) is 0 Å². The second kappa shape index (κ2) is 2.02. The molecule has 0 unspecified atom stereocenters. The summed E-state index contributed by atoms with van der Waals surface area (Å²) in [7, 11) is 0. The lowest BCUT2D eigenvalue weighted by molar-refractivity contribution is 0.449. The first-order valence-electron chi connectivity index (χ1n) is 3.68. The first kappa shape index (κ1) is 6.61. The van der Waals surface area contributed by atoms with Crippen molar-refractivity contribution >= 4 is 0 Å². The van der Waals surface area contributed by atoms with Gasteiger partial charge in [-0.1, -0.05) is 13.8 Å². The highest BCUT2D eigenvalue weighted by Gasteiger charge is 2.51. The van der Waals surface area contributed by atoms with Gasteiger partial charge in [0.15, 0.2) is 0 Å². The topological polar surface area (TPSA) is 23.8 Å². The molecule has 0 heterocycles. The summed E-state index contributed by atoms with van der Waals surface area (Å²) in [5.74, 6) is 0.382. The summed E-state index contributed by atoms with van der Waals surface area (Å²) in [5, 5.41) is 8.55. The second-order valence-corrected chi connectivity index (χ2v) is 2.96. The van der Waals surface area contributed by atoms with Gasteiger partial charge >= 0.3 is 0 Å². The summed E-state index contributed by atoms with van der Waals surface area (Å²) in [6, 6.07) is 2.33. The van der Waals surface area contributed by atoms with Crippen LogP contribution in [-0.2, 0) is 0 Å². The van der Waals surface area contributed by atoms with Crippen LogP contribution in [0.4, 0.5) is 0 Å². The van der Waals surface area contributed by atoms with E-state index >= 15 is 0 Å². The van der Waals surface area contributed by atoms with Crippen molar-refractivity contribution in [3.63, 3.8) is 0 Å². The molecule has 0 saturated heterocycles. The van der Waals surface area contributed by atoms with Gasteiger partial charge in [-0.05, 0) is 24.7 Å². The van der Waals surface area contributed by atoms with E-state index in [4.69, 9.17) is 5.26 Å². The van der Waals surface area contributed by atoms with Gasteiger partial charge in [0.25, 0.3) is 0 Å². The molecule has 1 aliphatic rings. The van der Waals surface area contributed by atoms with Gasteiger partial charge in [-0.3, -0.25) is 0 Å². The Labute approximate surface area is 56.7 Å². The SMILES string of the molecule is CCC1(CC)C[C@H]1C#N. The van der Waals surface area contributed by atoms with E-state index in [9.17, 15) is 0 Å². The number of rotatable bonds is 2. The molecule has 9 heavy (non-hydrogen) atoms. The van der Waals surface area contributed by atoms with Crippen molar-refractivity contribution in [3.8, 4) is 6.07 Å². The predicted molar refractivity (Wildman–Crippen MR) is 36.7 cm³/mol. The molecule has 50 valence electrons. The zero-order valence-corrected chi connectivity index (χ0v) is 6.15. The minimum Gasteiger partial charge on any atom is -0.198 e. The molecule has 1 atom stereocenters. The Balaban J connectivity index is 2.49. The molecular formula is C8H13N. The van der Waals surface area contributed by atoms with Gasteiger partial charge in [-0.2, -0.15) is 5.26 Å². The Kier molecular flexibility index (Phi) is 1.48. The zero-order chi connectivity index (χ0) is 6.91. The minimum absolute atomic E-state index is 0.382. The molecule has 0 aromatic carbocycles. The summed E-state index contributed by atoms with van der Waals surface area (Å²) in [6.07, 6.45) is 3.51. The van der Waals surface area contributed by atoms with Crippen molar-refractivity contribution in [2.75, 3.05) is 0 Å². The van der Waals surface area contributed by atoms with Gasteiger partial charge in [0.1, 0.15) is 0 Å². The van der Waals surface area contributed by atoms with Crippen LogP contribution in [0.3, 0.4) is 0 Å². The van der Waals surface area contributed by atoms with E-state index < -0.39 is 0 Å². The van der Waals surface area contributed by atoms with Crippen molar-refractivity contribution in [1.82, 2.24) is 0 Å². The first-order chi connectivity index (χ1) is 4.29. The molecule has 1 aliphatic carbocycles. The third-order valence-electron chi connectivity index (χ3n) is 2.75. The number of nitriles is 1. The lowest BCUT2D eigenvalue weighted by Gasteiger charge is -2.06. The average molecular weight is 123 g/mol. The molecule has 0 amide bonds. The van der Waals surface area contributed by atoms with Gasteiger partial charge in [-0.15, -0.1) is 0 Å². The van der Waals surface area contributed by atoms with Crippen LogP contribution in [0, 0.1) is 22.7 Å². The number of hydrogen-bond donors (Lipinski definition) is 0. The zero-order valence-electron chi connectivity index (χ0n) is 6.15. The van der Waals surface area contributed by atoms with Crippen LogP contribution in [0.2, 0.25) is 0 Å². The highest BCUT2D eigenvalue weighted by Crippen LogP contribution is 2.57. The maximum Gasteiger partial charge on any atom is 0.0661 e. The number of hydrogen-bond acceptors (Lipinski definition) is 1. The molecule has 1 heteroatoms. The van der Waals surface area contributed by atoms with Crippen LogP contribution in [0.15, 0.2) is 0 Å². The van der Waals surface area contributed by atoms with E-state index in [1.165, 1.54) is 12.8 Å². The highest BCUT2D eigenvalue weighted by molar-refractivity contribution is 5.11. The summed E-state index contributed by atoms with van der Waals surface area (Å²) in [4.78, 5) is 0. The van der Waals surface area contributed by atoms with Gasteiger partial charge in [-0.25, -0.2) is 0 Å². The fourth-order valence-electron chi connectivity index (χ4n) is 1.56. The van der Waals surface area contributed by atoms with Crippen LogP contribution in [0.25, 0.3) is 0 Å². The third kappa shape index (κ3) is 0.830. The van der Waals surface area contributed by atoms with E-state index in [-0.39, 0.29) is 0 Å². The van der Waals surface area contributed by atoms with E-state index in [0.29, 0.717) is 11.3 Å². The quantitative estimate of drug-likeness (QED) is 0.553. The van der Waals surface area contributed by atoms with Crippen LogP contribution < -0.4 is 0 Å². The molecule has 1 nitrogen and oxygen atoms in total. The molecule has 1 rings (SSSR count). The van der Waals surface area contributed by atoms with E-state index in [0.717, 1.165) is 6.42 Å². The molecule has 0 bridgehead atoms. The highest BCUT2D eigenvalue weighted by atomic mass is 14.5. The Morgan fingerprint density at radius 3 is 2.22 bits per heavy atom. The summed E-state index contributed by atoms with van der Waals surface area (Å²) < 4.78 is 0. The fraction of sp³-hybridized carbons (Fsp3) is 0.875. The van der Waals surface area contributed by atoms with Gasteiger partial charge in [0.05, 0.1) is 12.0 Å². The Morgan fingerprint density at radius 1 is 1.56 bits per heavy atom. The molecule has 0 spiro atoms. The van der Waals surface area contributed by atoms with E-state index in [2.05, 4.69) is 19.9 Å². The molecule has 0 aromatic rings. The second-order valence-electron chi connectivity index (χ2n) is 2.96. The van der Waals surface area contributed by atoms with E-state index in [1.807, 2.05) is 0 Å². The number of nitrogens with zero attached hydrogens (tertiary/aromatic N) is 1. The normalized spacial score (nSPS) is 29.2. The minimum atomic E-state index is 0.382. The van der Waals surface area contributed by atoms with Crippen molar-refractivity contribution in [2.24, 2.45) is 11.3 Å². The Morgan fingerprint density at radius 2 is 2.11 bits per heavy atom. The lowest BCUT2D eigenvalue weighted by Crippen LogP contribution is -1.98. The molecule has 1 fully saturated rings. The molecule has 0 radical (unpaired) electrons. The van der Waals surface area contributed by atoms with Crippen LogP contribution in [-0.4, -0.2) is 0 Å².